The van der Waals surface area contributed by atoms with E-state index in [0.29, 0.717) is 9.21 Å². The van der Waals surface area contributed by atoms with Crippen LogP contribution in [0, 0.1) is 18.6 Å². The lowest BCUT2D eigenvalue weighted by Crippen LogP contribution is -2.02. The third-order valence-electron chi connectivity index (χ3n) is 2.63. The van der Waals surface area contributed by atoms with E-state index in [4.69, 9.17) is 11.6 Å². The molecule has 5 heteroatoms. The molecular weight excluding hydrogens is 278 g/mol. The van der Waals surface area contributed by atoms with Gasteiger partial charge in [-0.15, -0.1) is 11.3 Å². The van der Waals surface area contributed by atoms with Gasteiger partial charge < -0.3 is 5.11 Å². The number of rotatable bonds is 3. The number of hydrogen-bond acceptors (Lipinski definition) is 2. The minimum atomic E-state index is -0.832. The standard InChI is InChI=1S/C13H11ClF2OS/c1-7-4-12(18-13(7)14)11(17)5-8-2-3-9(15)6-10(8)16/h2-4,6,11,17H,5H2,1H3. The average Bonchev–Trinajstić information content (AvgIpc) is 2.63. The Hall–Kier alpha value is -0.970. The van der Waals surface area contributed by atoms with Crippen molar-refractivity contribution < 1.29 is 13.9 Å². The van der Waals surface area contributed by atoms with Crippen molar-refractivity contribution in [3.63, 3.8) is 0 Å². The van der Waals surface area contributed by atoms with E-state index >= 15 is 0 Å². The first-order valence-electron chi connectivity index (χ1n) is 5.35. The fourth-order valence-electron chi connectivity index (χ4n) is 1.64. The van der Waals surface area contributed by atoms with Crippen LogP contribution in [-0.2, 0) is 6.42 Å². The summed E-state index contributed by atoms with van der Waals surface area (Å²) in [6.07, 6.45) is -0.733. The smallest absolute Gasteiger partial charge is 0.129 e. The van der Waals surface area contributed by atoms with Crippen molar-refractivity contribution in [1.29, 1.82) is 0 Å². The highest BCUT2D eigenvalue weighted by Gasteiger charge is 2.15. The first kappa shape index (κ1) is 13.5. The fraction of sp³-hybridized carbons (Fsp3) is 0.231. The van der Waals surface area contributed by atoms with Gasteiger partial charge in [0.2, 0.25) is 0 Å². The molecule has 1 heterocycles. The van der Waals surface area contributed by atoms with Crippen molar-refractivity contribution in [3.05, 3.63) is 56.2 Å². The molecule has 96 valence electrons. The first-order chi connectivity index (χ1) is 8.47. The van der Waals surface area contributed by atoms with Crippen molar-refractivity contribution in [2.45, 2.75) is 19.4 Å². The maximum atomic E-state index is 13.4. The van der Waals surface area contributed by atoms with Gasteiger partial charge in [0.1, 0.15) is 11.6 Å². The molecule has 18 heavy (non-hydrogen) atoms. The Morgan fingerprint density at radius 3 is 2.61 bits per heavy atom. The van der Waals surface area contributed by atoms with Crippen LogP contribution in [0.25, 0.3) is 0 Å². The van der Waals surface area contributed by atoms with E-state index in [1.54, 1.807) is 6.07 Å². The molecule has 0 amide bonds. The summed E-state index contributed by atoms with van der Waals surface area (Å²) in [4.78, 5) is 0.682. The molecule has 1 N–H and O–H groups in total. The van der Waals surface area contributed by atoms with Gasteiger partial charge >= 0.3 is 0 Å². The zero-order valence-electron chi connectivity index (χ0n) is 9.58. The SMILES string of the molecule is Cc1cc(C(O)Cc2ccc(F)cc2F)sc1Cl. The lowest BCUT2D eigenvalue weighted by molar-refractivity contribution is 0.181. The molecule has 1 aromatic carbocycles. The molecule has 1 nitrogen and oxygen atoms in total. The molecule has 2 aromatic rings. The average molecular weight is 289 g/mol. The molecule has 0 bridgehead atoms. The largest absolute Gasteiger partial charge is 0.387 e. The van der Waals surface area contributed by atoms with Crippen LogP contribution < -0.4 is 0 Å². The Morgan fingerprint density at radius 1 is 1.33 bits per heavy atom. The Kier molecular flexibility index (Phi) is 4.00. The van der Waals surface area contributed by atoms with Gasteiger partial charge in [0.05, 0.1) is 10.4 Å². The van der Waals surface area contributed by atoms with E-state index in [0.717, 1.165) is 11.6 Å². The number of benzene rings is 1. The van der Waals surface area contributed by atoms with Gasteiger partial charge in [0.25, 0.3) is 0 Å². The van der Waals surface area contributed by atoms with E-state index in [2.05, 4.69) is 0 Å². The molecule has 1 atom stereocenters. The molecule has 0 aliphatic heterocycles. The van der Waals surface area contributed by atoms with Crippen LogP contribution in [-0.4, -0.2) is 5.11 Å². The predicted octanol–water partition coefficient (Wildman–Crippen LogP) is 4.26. The van der Waals surface area contributed by atoms with E-state index in [9.17, 15) is 13.9 Å². The van der Waals surface area contributed by atoms with Gasteiger partial charge in [0.15, 0.2) is 0 Å². The summed E-state index contributed by atoms with van der Waals surface area (Å²) in [6.45, 7) is 1.84. The minimum Gasteiger partial charge on any atom is -0.387 e. The number of halogens is 3. The van der Waals surface area contributed by atoms with Gasteiger partial charge in [-0.2, -0.15) is 0 Å². The van der Waals surface area contributed by atoms with Gasteiger partial charge in [-0.05, 0) is 30.2 Å². The van der Waals surface area contributed by atoms with Crippen molar-refractivity contribution in [3.8, 4) is 0 Å². The fourth-order valence-corrected chi connectivity index (χ4v) is 2.85. The topological polar surface area (TPSA) is 20.2 Å². The number of thiophene rings is 1. The molecule has 1 aromatic heterocycles. The molecule has 2 rings (SSSR count). The molecule has 1 unspecified atom stereocenters. The maximum absolute atomic E-state index is 13.4. The Morgan fingerprint density at radius 2 is 2.06 bits per heavy atom. The molecule has 0 spiro atoms. The van der Waals surface area contributed by atoms with Gasteiger partial charge in [-0.3, -0.25) is 0 Å². The third-order valence-corrected chi connectivity index (χ3v) is 4.29. The van der Waals surface area contributed by atoms with Crippen molar-refractivity contribution >= 4 is 22.9 Å². The molecule has 0 radical (unpaired) electrons. The summed E-state index contributed by atoms with van der Waals surface area (Å²) in [5.74, 6) is -1.27. The zero-order chi connectivity index (χ0) is 13.3. The first-order valence-corrected chi connectivity index (χ1v) is 6.54. The quantitative estimate of drug-likeness (QED) is 0.894. The van der Waals surface area contributed by atoms with Crippen molar-refractivity contribution in [1.82, 2.24) is 0 Å². The number of aliphatic hydroxyl groups is 1. The second-order valence-corrected chi connectivity index (χ2v) is 5.75. The van der Waals surface area contributed by atoms with E-state index in [1.807, 2.05) is 6.92 Å². The molecular formula is C13H11ClF2OS. The third kappa shape index (κ3) is 2.88. The normalized spacial score (nSPS) is 12.7. The van der Waals surface area contributed by atoms with Crippen LogP contribution in [0.1, 0.15) is 22.1 Å². The van der Waals surface area contributed by atoms with Gasteiger partial charge in [-0.1, -0.05) is 17.7 Å². The zero-order valence-corrected chi connectivity index (χ0v) is 11.2. The second kappa shape index (κ2) is 5.34. The molecule has 0 aliphatic rings. The van der Waals surface area contributed by atoms with Crippen molar-refractivity contribution in [2.75, 3.05) is 0 Å². The van der Waals surface area contributed by atoms with Crippen LogP contribution in [0.5, 0.6) is 0 Å². The van der Waals surface area contributed by atoms with Gasteiger partial charge in [-0.25, -0.2) is 8.78 Å². The summed E-state index contributed by atoms with van der Waals surface area (Å²) < 4.78 is 26.8. The minimum absolute atomic E-state index is 0.0996. The molecule has 0 saturated carbocycles. The number of aryl methyl sites for hydroxylation is 1. The van der Waals surface area contributed by atoms with Crippen molar-refractivity contribution in [2.24, 2.45) is 0 Å². The van der Waals surface area contributed by atoms with Crippen LogP contribution in [0.3, 0.4) is 0 Å². The van der Waals surface area contributed by atoms with E-state index in [1.165, 1.54) is 23.5 Å². The summed E-state index contributed by atoms with van der Waals surface area (Å²) in [7, 11) is 0. The number of hydrogen-bond donors (Lipinski definition) is 1. The van der Waals surface area contributed by atoms with E-state index < -0.39 is 17.7 Å². The van der Waals surface area contributed by atoms with Crippen LogP contribution in [0.15, 0.2) is 24.3 Å². The maximum Gasteiger partial charge on any atom is 0.129 e. The Labute approximate surface area is 113 Å². The van der Waals surface area contributed by atoms with E-state index in [-0.39, 0.29) is 12.0 Å². The van der Waals surface area contributed by atoms with Crippen LogP contribution >= 0.6 is 22.9 Å². The molecule has 0 fully saturated rings. The number of aliphatic hydroxyl groups excluding tert-OH is 1. The summed E-state index contributed by atoms with van der Waals surface area (Å²) in [5, 5.41) is 10.00. The monoisotopic (exact) mass is 288 g/mol. The Bertz CT molecular complexity index is 549. The lowest BCUT2D eigenvalue weighted by Gasteiger charge is -2.09. The summed E-state index contributed by atoms with van der Waals surface area (Å²) >= 11 is 7.18. The van der Waals surface area contributed by atoms with Gasteiger partial charge in [0, 0.05) is 17.4 Å². The molecule has 0 aliphatic carbocycles. The molecule has 0 saturated heterocycles. The summed E-state index contributed by atoms with van der Waals surface area (Å²) in [6, 6.07) is 5.11. The highest BCUT2D eigenvalue weighted by Crippen LogP contribution is 2.32. The predicted molar refractivity (Wildman–Crippen MR) is 69.1 cm³/mol. The highest BCUT2D eigenvalue weighted by molar-refractivity contribution is 7.16. The highest BCUT2D eigenvalue weighted by atomic mass is 35.5. The lowest BCUT2D eigenvalue weighted by atomic mass is 10.1. The van der Waals surface area contributed by atoms with Crippen LogP contribution in [0.2, 0.25) is 4.34 Å². The van der Waals surface area contributed by atoms with Crippen LogP contribution in [0.4, 0.5) is 8.78 Å². The summed E-state index contributed by atoms with van der Waals surface area (Å²) in [5.41, 5.74) is 1.17. The Balaban J connectivity index is 2.18. The second-order valence-electron chi connectivity index (χ2n) is 4.06.